The number of rotatable bonds is 3. The molecule has 1 aromatic rings. The highest BCUT2D eigenvalue weighted by Gasteiger charge is 2.24. The molecule has 0 aliphatic heterocycles. The number of benzene rings is 1. The van der Waals surface area contributed by atoms with Crippen LogP contribution < -0.4 is 16.4 Å². The number of nitrogen functional groups attached to an aromatic ring is 1. The van der Waals surface area contributed by atoms with Crippen LogP contribution in [0, 0.1) is 0 Å². The van der Waals surface area contributed by atoms with Crippen LogP contribution in [-0.4, -0.2) is 19.0 Å². The fourth-order valence-corrected chi connectivity index (χ4v) is 2.03. The van der Waals surface area contributed by atoms with E-state index in [1.807, 2.05) is 13.1 Å². The molecule has 1 fully saturated rings. The minimum atomic E-state index is -0.423. The minimum absolute atomic E-state index is 0.423. The molecule has 0 radical (unpaired) electrons. The van der Waals surface area contributed by atoms with Crippen LogP contribution in [0.4, 0.5) is 11.4 Å². The molecule has 4 N–H and O–H groups in total. The van der Waals surface area contributed by atoms with Crippen molar-refractivity contribution >= 4 is 17.3 Å². The molecule has 4 nitrogen and oxygen atoms in total. The number of amides is 1. The fourth-order valence-electron chi connectivity index (χ4n) is 2.03. The largest absolute Gasteiger partial charge is 0.399 e. The summed E-state index contributed by atoms with van der Waals surface area (Å²) in [7, 11) is 2.00. The van der Waals surface area contributed by atoms with E-state index < -0.39 is 5.91 Å². The smallest absolute Gasteiger partial charge is 0.250 e. The molecule has 0 aromatic heterocycles. The molecule has 0 unspecified atom stereocenters. The maximum absolute atomic E-state index is 11.3. The zero-order valence-corrected chi connectivity index (χ0v) is 9.44. The SMILES string of the molecule is CN(c1ccc(N)cc1C(N)=O)C1CCC1. The van der Waals surface area contributed by atoms with Crippen LogP contribution in [-0.2, 0) is 0 Å². The average molecular weight is 219 g/mol. The summed E-state index contributed by atoms with van der Waals surface area (Å²) < 4.78 is 0. The molecule has 4 heteroatoms. The third-order valence-electron chi connectivity index (χ3n) is 3.29. The van der Waals surface area contributed by atoms with Crippen molar-refractivity contribution in [3.05, 3.63) is 23.8 Å². The Morgan fingerprint density at radius 2 is 2.12 bits per heavy atom. The zero-order valence-electron chi connectivity index (χ0n) is 9.44. The Bertz CT molecular complexity index is 413. The van der Waals surface area contributed by atoms with E-state index in [9.17, 15) is 4.79 Å². The molecule has 1 saturated carbocycles. The molecule has 0 saturated heterocycles. The lowest BCUT2D eigenvalue weighted by Gasteiger charge is -2.37. The van der Waals surface area contributed by atoms with Crippen LogP contribution in [0.5, 0.6) is 0 Å². The van der Waals surface area contributed by atoms with Gasteiger partial charge in [-0.1, -0.05) is 0 Å². The van der Waals surface area contributed by atoms with Crippen LogP contribution in [0.15, 0.2) is 18.2 Å². The molecule has 2 rings (SSSR count). The summed E-state index contributed by atoms with van der Waals surface area (Å²) >= 11 is 0. The first-order chi connectivity index (χ1) is 7.59. The summed E-state index contributed by atoms with van der Waals surface area (Å²) in [5.41, 5.74) is 13.0. The second-order valence-electron chi connectivity index (χ2n) is 4.34. The Kier molecular flexibility index (Phi) is 2.73. The van der Waals surface area contributed by atoms with E-state index in [-0.39, 0.29) is 0 Å². The van der Waals surface area contributed by atoms with E-state index in [1.165, 1.54) is 19.3 Å². The van der Waals surface area contributed by atoms with Gasteiger partial charge in [0.15, 0.2) is 0 Å². The van der Waals surface area contributed by atoms with Crippen molar-refractivity contribution in [3.8, 4) is 0 Å². The van der Waals surface area contributed by atoms with Gasteiger partial charge in [-0.2, -0.15) is 0 Å². The first-order valence-electron chi connectivity index (χ1n) is 5.52. The zero-order chi connectivity index (χ0) is 11.7. The molecule has 16 heavy (non-hydrogen) atoms. The van der Waals surface area contributed by atoms with Crippen LogP contribution >= 0.6 is 0 Å². The normalized spacial score (nSPS) is 15.6. The van der Waals surface area contributed by atoms with Crippen LogP contribution in [0.2, 0.25) is 0 Å². The van der Waals surface area contributed by atoms with E-state index in [0.717, 1.165) is 5.69 Å². The third-order valence-corrected chi connectivity index (χ3v) is 3.29. The van der Waals surface area contributed by atoms with Crippen LogP contribution in [0.25, 0.3) is 0 Å². The van der Waals surface area contributed by atoms with E-state index in [4.69, 9.17) is 11.5 Å². The predicted octanol–water partition coefficient (Wildman–Crippen LogP) is 1.36. The molecule has 0 heterocycles. The Morgan fingerprint density at radius 1 is 1.44 bits per heavy atom. The van der Waals surface area contributed by atoms with Crippen molar-refractivity contribution in [1.82, 2.24) is 0 Å². The van der Waals surface area contributed by atoms with Gasteiger partial charge in [-0.15, -0.1) is 0 Å². The number of hydrogen-bond acceptors (Lipinski definition) is 3. The molecule has 1 aromatic carbocycles. The molecule has 1 aliphatic rings. The number of carbonyl (C=O) groups is 1. The highest BCUT2D eigenvalue weighted by molar-refractivity contribution is 5.99. The highest BCUT2D eigenvalue weighted by atomic mass is 16.1. The first kappa shape index (κ1) is 10.8. The summed E-state index contributed by atoms with van der Waals surface area (Å²) in [5.74, 6) is -0.423. The van der Waals surface area contributed by atoms with Crippen molar-refractivity contribution in [2.75, 3.05) is 17.7 Å². The number of nitrogens with two attached hydrogens (primary N) is 2. The Hall–Kier alpha value is -1.71. The van der Waals surface area contributed by atoms with Gasteiger partial charge in [0.2, 0.25) is 0 Å². The maximum atomic E-state index is 11.3. The second-order valence-corrected chi connectivity index (χ2v) is 4.34. The van der Waals surface area contributed by atoms with Gasteiger partial charge >= 0.3 is 0 Å². The van der Waals surface area contributed by atoms with Crippen molar-refractivity contribution in [3.63, 3.8) is 0 Å². The third kappa shape index (κ3) is 1.83. The van der Waals surface area contributed by atoms with E-state index in [1.54, 1.807) is 12.1 Å². The van der Waals surface area contributed by atoms with Crippen LogP contribution in [0.1, 0.15) is 29.6 Å². The molecule has 86 valence electrons. The van der Waals surface area contributed by atoms with Gasteiger partial charge < -0.3 is 16.4 Å². The topological polar surface area (TPSA) is 72.3 Å². The standard InChI is InChI=1S/C12H17N3O/c1-15(9-3-2-4-9)11-6-5-8(13)7-10(11)12(14)16/h5-7,9H,2-4,13H2,1H3,(H2,14,16). The first-order valence-corrected chi connectivity index (χ1v) is 5.52. The van der Waals surface area contributed by atoms with Crippen molar-refractivity contribution in [2.24, 2.45) is 5.73 Å². The second kappa shape index (κ2) is 4.04. The summed E-state index contributed by atoms with van der Waals surface area (Å²) in [6.07, 6.45) is 3.62. The fraction of sp³-hybridized carbons (Fsp3) is 0.417. The molecule has 0 spiro atoms. The molecular weight excluding hydrogens is 202 g/mol. The lowest BCUT2D eigenvalue weighted by Crippen LogP contribution is -2.38. The van der Waals surface area contributed by atoms with E-state index in [2.05, 4.69) is 4.90 Å². The summed E-state index contributed by atoms with van der Waals surface area (Å²) in [6.45, 7) is 0. The predicted molar refractivity (Wildman–Crippen MR) is 65.4 cm³/mol. The highest BCUT2D eigenvalue weighted by Crippen LogP contribution is 2.31. The average Bonchev–Trinajstić information content (AvgIpc) is 2.14. The molecular formula is C12H17N3O. The molecule has 0 atom stereocenters. The van der Waals surface area contributed by atoms with Gasteiger partial charge in [0, 0.05) is 24.5 Å². The summed E-state index contributed by atoms with van der Waals surface area (Å²) in [6, 6.07) is 5.85. The molecule has 1 amide bonds. The van der Waals surface area contributed by atoms with Crippen molar-refractivity contribution in [2.45, 2.75) is 25.3 Å². The molecule has 0 bridgehead atoms. The Balaban J connectivity index is 2.34. The van der Waals surface area contributed by atoms with Gasteiger partial charge in [-0.3, -0.25) is 4.79 Å². The number of nitrogens with zero attached hydrogens (tertiary/aromatic N) is 1. The van der Waals surface area contributed by atoms with Gasteiger partial charge in [-0.25, -0.2) is 0 Å². The van der Waals surface area contributed by atoms with E-state index in [0.29, 0.717) is 17.3 Å². The summed E-state index contributed by atoms with van der Waals surface area (Å²) in [4.78, 5) is 13.5. The monoisotopic (exact) mass is 219 g/mol. The molecule has 1 aliphatic carbocycles. The number of carbonyl (C=O) groups excluding carboxylic acids is 1. The van der Waals surface area contributed by atoms with Gasteiger partial charge in [0.25, 0.3) is 5.91 Å². The maximum Gasteiger partial charge on any atom is 0.250 e. The Morgan fingerprint density at radius 3 is 2.62 bits per heavy atom. The van der Waals surface area contributed by atoms with Crippen molar-refractivity contribution < 1.29 is 4.79 Å². The number of primary amides is 1. The minimum Gasteiger partial charge on any atom is -0.399 e. The van der Waals surface area contributed by atoms with Crippen molar-refractivity contribution in [1.29, 1.82) is 0 Å². The van der Waals surface area contributed by atoms with E-state index >= 15 is 0 Å². The summed E-state index contributed by atoms with van der Waals surface area (Å²) in [5, 5.41) is 0. The number of hydrogen-bond donors (Lipinski definition) is 2. The van der Waals surface area contributed by atoms with Gasteiger partial charge in [0.1, 0.15) is 0 Å². The van der Waals surface area contributed by atoms with Crippen LogP contribution in [0.3, 0.4) is 0 Å². The number of anilines is 2. The van der Waals surface area contributed by atoms with Gasteiger partial charge in [-0.05, 0) is 37.5 Å². The lowest BCUT2D eigenvalue weighted by atomic mass is 9.91. The van der Waals surface area contributed by atoms with Gasteiger partial charge in [0.05, 0.1) is 5.56 Å². The quantitative estimate of drug-likeness (QED) is 0.754. The lowest BCUT2D eigenvalue weighted by molar-refractivity contribution is 0.100. The Labute approximate surface area is 95.2 Å².